The van der Waals surface area contributed by atoms with E-state index in [-0.39, 0.29) is 17.3 Å². The lowest BCUT2D eigenvalue weighted by Gasteiger charge is -2.29. The molecule has 1 N–H and O–H groups in total. The molecule has 0 saturated heterocycles. The van der Waals surface area contributed by atoms with E-state index in [0.29, 0.717) is 24.3 Å². The van der Waals surface area contributed by atoms with Crippen molar-refractivity contribution >= 4 is 17.3 Å². The number of carbonyl (C=O) groups excluding carboxylic acids is 1. The first-order chi connectivity index (χ1) is 13.0. The molecule has 7 nitrogen and oxygen atoms in total. The highest BCUT2D eigenvalue weighted by molar-refractivity contribution is 6.01. The maximum absolute atomic E-state index is 13.3. The fourth-order valence-electron chi connectivity index (χ4n) is 3.74. The molecular weight excluding hydrogens is 348 g/mol. The molecule has 1 amide bonds. The van der Waals surface area contributed by atoms with Gasteiger partial charge in [-0.1, -0.05) is 31.0 Å². The molecule has 0 unspecified atom stereocenters. The van der Waals surface area contributed by atoms with Crippen LogP contribution in [0.3, 0.4) is 0 Å². The summed E-state index contributed by atoms with van der Waals surface area (Å²) in [7, 11) is 3.11. The number of hydrogen-bond donors (Lipinski definition) is 1. The summed E-state index contributed by atoms with van der Waals surface area (Å²) in [4.78, 5) is 24.0. The highest BCUT2D eigenvalue weighted by Gasteiger charge is 2.43. The molecule has 0 atom stereocenters. The van der Waals surface area contributed by atoms with Crippen LogP contribution in [-0.4, -0.2) is 25.1 Å². The van der Waals surface area contributed by atoms with Gasteiger partial charge in [-0.2, -0.15) is 0 Å². The lowest BCUT2D eigenvalue weighted by molar-refractivity contribution is -0.383. The van der Waals surface area contributed by atoms with Crippen LogP contribution in [-0.2, 0) is 10.2 Å². The van der Waals surface area contributed by atoms with Crippen molar-refractivity contribution in [3.8, 4) is 11.5 Å². The average Bonchev–Trinajstić information content (AvgIpc) is 3.19. The number of benzene rings is 2. The second-order valence-electron chi connectivity index (χ2n) is 6.59. The van der Waals surface area contributed by atoms with E-state index >= 15 is 0 Å². The number of para-hydroxylation sites is 2. The van der Waals surface area contributed by atoms with Crippen molar-refractivity contribution in [2.45, 2.75) is 31.1 Å². The molecule has 0 radical (unpaired) electrons. The lowest BCUT2D eigenvalue weighted by Crippen LogP contribution is -2.38. The number of carbonyl (C=O) groups is 1. The molecule has 1 aliphatic carbocycles. The minimum Gasteiger partial charge on any atom is -0.493 e. The van der Waals surface area contributed by atoms with Crippen molar-refractivity contribution < 1.29 is 19.2 Å². The molecule has 0 aliphatic heterocycles. The number of amides is 1. The molecule has 142 valence electrons. The summed E-state index contributed by atoms with van der Waals surface area (Å²) in [6.07, 6.45) is 3.18. The molecule has 1 saturated carbocycles. The summed E-state index contributed by atoms with van der Waals surface area (Å²) in [6, 6.07) is 11.6. The molecule has 1 aliphatic rings. The first-order valence-corrected chi connectivity index (χ1v) is 8.79. The number of nitrogens with zero attached hydrogens (tertiary/aromatic N) is 1. The average molecular weight is 370 g/mol. The number of ether oxygens (including phenoxy) is 2. The molecule has 0 bridgehead atoms. The van der Waals surface area contributed by atoms with Gasteiger partial charge >= 0.3 is 0 Å². The van der Waals surface area contributed by atoms with Gasteiger partial charge in [0.05, 0.1) is 24.6 Å². The fourth-order valence-corrected chi connectivity index (χ4v) is 3.74. The Morgan fingerprint density at radius 3 is 2.37 bits per heavy atom. The van der Waals surface area contributed by atoms with Crippen LogP contribution in [0.5, 0.6) is 11.5 Å². The number of hydrogen-bond acceptors (Lipinski definition) is 5. The standard InChI is InChI=1S/C20H22N2O5/c1-26-17-10-9-14(13-18(17)27-2)20(11-5-6-12-20)19(23)21-15-7-3-4-8-16(15)22(24)25/h3-4,7-10,13H,5-6,11-12H2,1-2H3,(H,21,23). The zero-order valence-corrected chi connectivity index (χ0v) is 15.4. The molecule has 2 aromatic rings. The van der Waals surface area contributed by atoms with E-state index in [1.54, 1.807) is 38.5 Å². The first kappa shape index (κ1) is 18.7. The monoisotopic (exact) mass is 370 g/mol. The van der Waals surface area contributed by atoms with E-state index in [1.807, 2.05) is 12.1 Å². The zero-order chi connectivity index (χ0) is 19.4. The summed E-state index contributed by atoms with van der Waals surface area (Å²) >= 11 is 0. The molecule has 3 rings (SSSR count). The normalized spacial score (nSPS) is 15.2. The molecule has 0 spiro atoms. The zero-order valence-electron chi connectivity index (χ0n) is 15.4. The summed E-state index contributed by atoms with van der Waals surface area (Å²) in [5, 5.41) is 14.0. The minimum absolute atomic E-state index is 0.119. The van der Waals surface area contributed by atoms with Crippen molar-refractivity contribution in [2.24, 2.45) is 0 Å². The summed E-state index contributed by atoms with van der Waals surface area (Å²) in [5.41, 5.74) is 0.169. The molecule has 0 aromatic heterocycles. The number of rotatable bonds is 6. The van der Waals surface area contributed by atoms with Crippen molar-refractivity contribution in [1.82, 2.24) is 0 Å². The van der Waals surface area contributed by atoms with Gasteiger partial charge in [-0.3, -0.25) is 14.9 Å². The third-order valence-electron chi connectivity index (χ3n) is 5.18. The molecule has 7 heteroatoms. The van der Waals surface area contributed by atoms with E-state index in [0.717, 1.165) is 18.4 Å². The Balaban J connectivity index is 1.98. The first-order valence-electron chi connectivity index (χ1n) is 8.79. The van der Waals surface area contributed by atoms with Crippen molar-refractivity contribution in [3.63, 3.8) is 0 Å². The van der Waals surface area contributed by atoms with Gasteiger partial charge in [0.1, 0.15) is 5.69 Å². The van der Waals surface area contributed by atoms with Gasteiger partial charge in [0, 0.05) is 6.07 Å². The van der Waals surface area contributed by atoms with Crippen LogP contribution >= 0.6 is 0 Å². The molecule has 1 fully saturated rings. The molecule has 2 aromatic carbocycles. The van der Waals surface area contributed by atoms with Crippen molar-refractivity contribution in [2.75, 3.05) is 19.5 Å². The van der Waals surface area contributed by atoms with Gasteiger partial charge in [0.25, 0.3) is 5.69 Å². The highest BCUT2D eigenvalue weighted by Crippen LogP contribution is 2.44. The number of methoxy groups -OCH3 is 2. The van der Waals surface area contributed by atoms with Gasteiger partial charge < -0.3 is 14.8 Å². The molecule has 0 heterocycles. The second-order valence-corrected chi connectivity index (χ2v) is 6.59. The number of nitrogens with one attached hydrogen (secondary N) is 1. The van der Waals surface area contributed by atoms with Crippen LogP contribution in [0.15, 0.2) is 42.5 Å². The number of nitro groups is 1. The summed E-state index contributed by atoms with van der Waals surface area (Å²) in [5.74, 6) is 0.912. The topological polar surface area (TPSA) is 90.7 Å². The second kappa shape index (κ2) is 7.65. The Morgan fingerprint density at radius 2 is 1.74 bits per heavy atom. The van der Waals surface area contributed by atoms with E-state index in [9.17, 15) is 14.9 Å². The predicted molar refractivity (Wildman–Crippen MR) is 101 cm³/mol. The van der Waals surface area contributed by atoms with Crippen LogP contribution in [0.4, 0.5) is 11.4 Å². The van der Waals surface area contributed by atoms with Crippen LogP contribution in [0.25, 0.3) is 0 Å². The van der Waals surface area contributed by atoms with E-state index in [2.05, 4.69) is 5.32 Å². The van der Waals surface area contributed by atoms with E-state index in [4.69, 9.17) is 9.47 Å². The van der Waals surface area contributed by atoms with Gasteiger partial charge in [0.2, 0.25) is 5.91 Å². The molecular formula is C20H22N2O5. The van der Waals surface area contributed by atoms with Gasteiger partial charge in [-0.15, -0.1) is 0 Å². The third-order valence-corrected chi connectivity index (χ3v) is 5.18. The summed E-state index contributed by atoms with van der Waals surface area (Å²) in [6.45, 7) is 0. The quantitative estimate of drug-likeness (QED) is 0.611. The van der Waals surface area contributed by atoms with Gasteiger partial charge in [0.15, 0.2) is 11.5 Å². The third kappa shape index (κ3) is 3.45. The maximum Gasteiger partial charge on any atom is 0.292 e. The Kier molecular flexibility index (Phi) is 5.30. The minimum atomic E-state index is -0.747. The predicted octanol–water partition coefficient (Wildman–Crippen LogP) is 4.06. The largest absolute Gasteiger partial charge is 0.493 e. The SMILES string of the molecule is COc1ccc(C2(C(=O)Nc3ccccc3[N+](=O)[O-])CCCC2)cc1OC. The fraction of sp³-hybridized carbons (Fsp3) is 0.350. The van der Waals surface area contributed by atoms with Crippen molar-refractivity contribution in [3.05, 3.63) is 58.1 Å². The van der Waals surface area contributed by atoms with Crippen molar-refractivity contribution in [1.29, 1.82) is 0 Å². The van der Waals surface area contributed by atoms with Crippen LogP contribution in [0, 0.1) is 10.1 Å². The maximum atomic E-state index is 13.3. The van der Waals surface area contributed by atoms with Gasteiger partial charge in [-0.05, 0) is 36.6 Å². The Hall–Kier alpha value is -3.09. The number of anilines is 1. The Morgan fingerprint density at radius 1 is 1.07 bits per heavy atom. The van der Waals surface area contributed by atoms with E-state index in [1.165, 1.54) is 6.07 Å². The van der Waals surface area contributed by atoms with E-state index < -0.39 is 10.3 Å². The summed E-state index contributed by atoms with van der Waals surface area (Å²) < 4.78 is 10.7. The lowest BCUT2D eigenvalue weighted by atomic mass is 9.77. The molecule has 27 heavy (non-hydrogen) atoms. The Labute approximate surface area is 157 Å². The smallest absolute Gasteiger partial charge is 0.292 e. The number of nitro benzene ring substituents is 1. The van der Waals surface area contributed by atoms with Crippen LogP contribution < -0.4 is 14.8 Å². The Bertz CT molecular complexity index is 859. The van der Waals surface area contributed by atoms with Crippen LogP contribution in [0.2, 0.25) is 0 Å². The van der Waals surface area contributed by atoms with Crippen LogP contribution in [0.1, 0.15) is 31.2 Å². The van der Waals surface area contributed by atoms with Gasteiger partial charge in [-0.25, -0.2) is 0 Å². The highest BCUT2D eigenvalue weighted by atomic mass is 16.6.